The Morgan fingerprint density at radius 1 is 1.42 bits per heavy atom. The molecule has 0 aliphatic heterocycles. The molecule has 0 fully saturated rings. The van der Waals surface area contributed by atoms with Gasteiger partial charge >= 0.3 is 0 Å². The summed E-state index contributed by atoms with van der Waals surface area (Å²) in [4.78, 5) is 24.0. The van der Waals surface area contributed by atoms with Crippen LogP contribution in [0.4, 0.5) is 11.8 Å². The minimum absolute atomic E-state index is 0.00437. The van der Waals surface area contributed by atoms with Crippen molar-refractivity contribution in [1.29, 1.82) is 0 Å². The van der Waals surface area contributed by atoms with Crippen LogP contribution >= 0.6 is 11.3 Å². The van der Waals surface area contributed by atoms with E-state index in [0.717, 1.165) is 10.2 Å². The minimum Gasteiger partial charge on any atom is -0.360 e. The van der Waals surface area contributed by atoms with Gasteiger partial charge in [-0.15, -0.1) is 11.3 Å². The van der Waals surface area contributed by atoms with Crippen molar-refractivity contribution >= 4 is 39.2 Å². The summed E-state index contributed by atoms with van der Waals surface area (Å²) in [7, 11) is 5.23. The summed E-state index contributed by atoms with van der Waals surface area (Å²) >= 11 is 1.61. The van der Waals surface area contributed by atoms with Gasteiger partial charge in [-0.2, -0.15) is 4.98 Å². The Morgan fingerprint density at radius 2 is 2.16 bits per heavy atom. The third kappa shape index (κ3) is 2.93. The van der Waals surface area contributed by atoms with Crippen LogP contribution in [0.1, 0.15) is 4.88 Å². The van der Waals surface area contributed by atoms with Crippen LogP contribution in [0.15, 0.2) is 6.07 Å². The van der Waals surface area contributed by atoms with Crippen molar-refractivity contribution in [2.75, 3.05) is 38.3 Å². The Hall–Kier alpha value is -1.89. The number of carbonyl (C=O) groups excluding carboxylic acids is 1. The molecule has 0 saturated heterocycles. The maximum absolute atomic E-state index is 11.6. The van der Waals surface area contributed by atoms with Gasteiger partial charge in [-0.1, -0.05) is 0 Å². The van der Waals surface area contributed by atoms with Crippen molar-refractivity contribution < 1.29 is 4.79 Å². The molecule has 0 atom stereocenters. The number of hydrogen-bond acceptors (Lipinski definition) is 6. The van der Waals surface area contributed by atoms with Gasteiger partial charge in [-0.25, -0.2) is 4.98 Å². The van der Waals surface area contributed by atoms with Crippen LogP contribution in [0, 0.1) is 6.92 Å². The summed E-state index contributed by atoms with van der Waals surface area (Å²) in [5.74, 6) is 1.24. The number of anilines is 2. The standard InChI is InChI=1S/C12H17N5OS/c1-7-5-8-10(14-6-9(18)17(3)4)15-12(13-2)16-11(8)19-7/h5H,6H2,1-4H3,(H2,13,14,15,16). The van der Waals surface area contributed by atoms with E-state index in [2.05, 4.69) is 20.6 Å². The molecule has 0 bridgehead atoms. The highest BCUT2D eigenvalue weighted by atomic mass is 32.1. The number of carbonyl (C=O) groups is 1. The number of hydrogen-bond donors (Lipinski definition) is 2. The highest BCUT2D eigenvalue weighted by Crippen LogP contribution is 2.29. The van der Waals surface area contributed by atoms with E-state index in [1.54, 1.807) is 37.4 Å². The van der Waals surface area contributed by atoms with E-state index in [4.69, 9.17) is 0 Å². The normalized spacial score (nSPS) is 10.5. The van der Waals surface area contributed by atoms with E-state index in [1.165, 1.54) is 4.88 Å². The summed E-state index contributed by atoms with van der Waals surface area (Å²) in [6.07, 6.45) is 0. The molecule has 6 nitrogen and oxygen atoms in total. The quantitative estimate of drug-likeness (QED) is 0.888. The van der Waals surface area contributed by atoms with Crippen molar-refractivity contribution in [2.24, 2.45) is 0 Å². The number of nitrogens with zero attached hydrogens (tertiary/aromatic N) is 3. The predicted molar refractivity (Wildman–Crippen MR) is 78.9 cm³/mol. The summed E-state index contributed by atoms with van der Waals surface area (Å²) in [6, 6.07) is 2.03. The van der Waals surface area contributed by atoms with Gasteiger partial charge in [0.15, 0.2) is 0 Å². The van der Waals surface area contributed by atoms with Crippen LogP contribution in [0.25, 0.3) is 10.2 Å². The molecule has 2 heterocycles. The first kappa shape index (κ1) is 13.5. The molecule has 0 spiro atoms. The van der Waals surface area contributed by atoms with Crippen LogP contribution in [0.5, 0.6) is 0 Å². The van der Waals surface area contributed by atoms with Gasteiger partial charge < -0.3 is 15.5 Å². The van der Waals surface area contributed by atoms with Gasteiger partial charge in [0.2, 0.25) is 11.9 Å². The summed E-state index contributed by atoms with van der Waals surface area (Å²) in [6.45, 7) is 2.25. The Kier molecular flexibility index (Phi) is 3.84. The smallest absolute Gasteiger partial charge is 0.241 e. The lowest BCUT2D eigenvalue weighted by Crippen LogP contribution is -2.28. The van der Waals surface area contributed by atoms with Crippen molar-refractivity contribution in [3.8, 4) is 0 Å². The lowest BCUT2D eigenvalue weighted by molar-refractivity contribution is -0.126. The molecule has 2 rings (SSSR count). The molecule has 19 heavy (non-hydrogen) atoms. The van der Waals surface area contributed by atoms with E-state index >= 15 is 0 Å². The lowest BCUT2D eigenvalue weighted by atomic mass is 10.3. The molecule has 7 heteroatoms. The van der Waals surface area contributed by atoms with Crippen LogP contribution in [-0.4, -0.2) is 48.5 Å². The fourth-order valence-corrected chi connectivity index (χ4v) is 2.49. The molecule has 2 N–H and O–H groups in total. The largest absolute Gasteiger partial charge is 0.360 e. The number of thiophene rings is 1. The van der Waals surface area contributed by atoms with E-state index in [9.17, 15) is 4.79 Å². The first-order valence-electron chi connectivity index (χ1n) is 5.91. The van der Waals surface area contributed by atoms with Crippen LogP contribution < -0.4 is 10.6 Å². The van der Waals surface area contributed by atoms with Gasteiger partial charge in [0.05, 0.1) is 11.9 Å². The van der Waals surface area contributed by atoms with Gasteiger partial charge in [0, 0.05) is 26.0 Å². The van der Waals surface area contributed by atoms with E-state index in [1.807, 2.05) is 13.0 Å². The van der Waals surface area contributed by atoms with Crippen LogP contribution in [0.2, 0.25) is 0 Å². The maximum atomic E-state index is 11.6. The Balaban J connectivity index is 2.32. The fourth-order valence-electron chi connectivity index (χ4n) is 1.61. The highest BCUT2D eigenvalue weighted by Gasteiger charge is 2.11. The fraction of sp³-hybridized carbons (Fsp3) is 0.417. The third-order valence-electron chi connectivity index (χ3n) is 2.65. The summed E-state index contributed by atoms with van der Waals surface area (Å²) in [5.41, 5.74) is 0. The molecular formula is C12H17N5OS. The molecule has 0 aliphatic rings. The molecule has 2 aromatic heterocycles. The molecule has 1 amide bonds. The van der Waals surface area contributed by atoms with Crippen molar-refractivity contribution in [3.63, 3.8) is 0 Å². The Labute approximate surface area is 115 Å². The maximum Gasteiger partial charge on any atom is 0.241 e. The second kappa shape index (κ2) is 5.40. The van der Waals surface area contributed by atoms with Crippen LogP contribution in [0.3, 0.4) is 0 Å². The second-order valence-corrected chi connectivity index (χ2v) is 5.60. The van der Waals surface area contributed by atoms with Gasteiger partial charge in [-0.05, 0) is 13.0 Å². The molecule has 0 aliphatic carbocycles. The van der Waals surface area contributed by atoms with Crippen LogP contribution in [-0.2, 0) is 4.79 Å². The molecule has 102 valence electrons. The van der Waals surface area contributed by atoms with Crippen molar-refractivity contribution in [1.82, 2.24) is 14.9 Å². The second-order valence-electron chi connectivity index (χ2n) is 4.36. The Morgan fingerprint density at radius 3 is 2.79 bits per heavy atom. The molecular weight excluding hydrogens is 262 g/mol. The molecule has 0 unspecified atom stereocenters. The molecule has 0 saturated carbocycles. The predicted octanol–water partition coefficient (Wildman–Crippen LogP) is 1.54. The van der Waals surface area contributed by atoms with Gasteiger partial charge in [0.1, 0.15) is 10.6 Å². The zero-order valence-corrected chi connectivity index (χ0v) is 12.3. The third-order valence-corrected chi connectivity index (χ3v) is 3.59. The topological polar surface area (TPSA) is 70.2 Å². The summed E-state index contributed by atoms with van der Waals surface area (Å²) < 4.78 is 0. The first-order valence-corrected chi connectivity index (χ1v) is 6.73. The van der Waals surface area contributed by atoms with E-state index in [0.29, 0.717) is 11.8 Å². The molecule has 0 radical (unpaired) electrons. The number of amides is 1. The zero-order valence-electron chi connectivity index (χ0n) is 11.4. The zero-order chi connectivity index (χ0) is 14.0. The molecule has 0 aromatic carbocycles. The minimum atomic E-state index is 0.00437. The van der Waals surface area contributed by atoms with Gasteiger partial charge in [-0.3, -0.25) is 4.79 Å². The number of aryl methyl sites for hydroxylation is 1. The molecule has 2 aromatic rings. The average Bonchev–Trinajstić information content (AvgIpc) is 2.75. The first-order chi connectivity index (χ1) is 9.01. The van der Waals surface area contributed by atoms with Gasteiger partial charge in [0.25, 0.3) is 0 Å². The highest BCUT2D eigenvalue weighted by molar-refractivity contribution is 7.18. The van der Waals surface area contributed by atoms with Crippen molar-refractivity contribution in [3.05, 3.63) is 10.9 Å². The van der Waals surface area contributed by atoms with E-state index < -0.39 is 0 Å². The number of fused-ring (bicyclic) bond motifs is 1. The number of aromatic nitrogens is 2. The monoisotopic (exact) mass is 279 g/mol. The Bertz CT molecular complexity index is 607. The number of nitrogens with one attached hydrogen (secondary N) is 2. The average molecular weight is 279 g/mol. The number of rotatable bonds is 4. The van der Waals surface area contributed by atoms with E-state index in [-0.39, 0.29) is 12.5 Å². The summed E-state index contributed by atoms with van der Waals surface area (Å²) in [5, 5.41) is 6.96. The SMILES string of the molecule is CNc1nc(NCC(=O)N(C)C)c2cc(C)sc2n1. The lowest BCUT2D eigenvalue weighted by Gasteiger charge is -2.12. The number of likely N-dealkylation sites (N-methyl/N-ethyl adjacent to an activating group) is 1. The van der Waals surface area contributed by atoms with Crippen molar-refractivity contribution in [2.45, 2.75) is 6.92 Å².